The molecule has 164 valence electrons. The number of anilines is 2. The second-order valence-corrected chi connectivity index (χ2v) is 7.50. The lowest BCUT2D eigenvalue weighted by molar-refractivity contribution is 0.0321. The first kappa shape index (κ1) is 21.4. The Morgan fingerprint density at radius 3 is 2.77 bits per heavy atom. The van der Waals surface area contributed by atoms with Gasteiger partial charge < -0.3 is 24.6 Å². The van der Waals surface area contributed by atoms with Crippen LogP contribution in [-0.2, 0) is 4.74 Å². The number of methoxy groups -OCH3 is 1. The number of phenolic OH excluding ortho intramolecular Hbond substituents is 1. The molecular weight excluding hydrogens is 425 g/mol. The summed E-state index contributed by atoms with van der Waals surface area (Å²) in [4.78, 5) is 6.69. The van der Waals surface area contributed by atoms with Gasteiger partial charge in [-0.15, -0.1) is 0 Å². The fourth-order valence-electron chi connectivity index (χ4n) is 3.42. The van der Waals surface area contributed by atoms with Crippen molar-refractivity contribution in [1.29, 1.82) is 0 Å². The molecular formula is C22H23ClFN3O4. The number of fused-ring (bicyclic) bond motifs is 1. The zero-order valence-corrected chi connectivity index (χ0v) is 17.8. The number of phenols is 1. The van der Waals surface area contributed by atoms with E-state index < -0.39 is 5.82 Å². The highest BCUT2D eigenvalue weighted by atomic mass is 35.5. The standard InChI is InChI=1S/C22H23ClFN3O4/c1-29-21-10-14-17(26-19-12-20(28)15(23)11-16(19)24)2-3-25-18(14)13-22(21)31-9-6-27-4-7-30-8-5-27/h2-3,10-13,28H,4-9H2,1H3,(H,25,26). The highest BCUT2D eigenvalue weighted by Gasteiger charge is 2.15. The molecule has 7 nitrogen and oxygen atoms in total. The normalized spacial score (nSPS) is 14.5. The minimum Gasteiger partial charge on any atom is -0.506 e. The minimum absolute atomic E-state index is 0.0526. The largest absolute Gasteiger partial charge is 0.506 e. The maximum absolute atomic E-state index is 14.3. The predicted molar refractivity (Wildman–Crippen MR) is 117 cm³/mol. The van der Waals surface area contributed by atoms with Crippen LogP contribution in [0, 0.1) is 5.82 Å². The number of halogens is 2. The SMILES string of the molecule is COc1cc2c(Nc3cc(O)c(Cl)cc3F)ccnc2cc1OCCN1CCOCC1. The third-order valence-corrected chi connectivity index (χ3v) is 5.40. The molecule has 2 aromatic carbocycles. The van der Waals surface area contributed by atoms with Gasteiger partial charge in [-0.05, 0) is 18.2 Å². The first-order valence-corrected chi connectivity index (χ1v) is 10.3. The molecule has 0 amide bonds. The topological polar surface area (TPSA) is 76.1 Å². The van der Waals surface area contributed by atoms with Crippen molar-refractivity contribution in [1.82, 2.24) is 9.88 Å². The van der Waals surface area contributed by atoms with E-state index in [2.05, 4.69) is 15.2 Å². The molecule has 0 saturated carbocycles. The second kappa shape index (κ2) is 9.55. The van der Waals surface area contributed by atoms with Crippen LogP contribution in [0.1, 0.15) is 0 Å². The van der Waals surface area contributed by atoms with Crippen molar-refractivity contribution < 1.29 is 23.7 Å². The van der Waals surface area contributed by atoms with E-state index >= 15 is 0 Å². The molecule has 1 aliphatic rings. The van der Waals surface area contributed by atoms with Crippen molar-refractivity contribution in [2.75, 3.05) is 51.9 Å². The predicted octanol–water partition coefficient (Wildman–Crippen LogP) is 4.20. The van der Waals surface area contributed by atoms with Gasteiger partial charge in [0.25, 0.3) is 0 Å². The number of ether oxygens (including phenoxy) is 3. The number of morpholine rings is 1. The summed E-state index contributed by atoms with van der Waals surface area (Å²) in [6.45, 7) is 4.57. The maximum Gasteiger partial charge on any atom is 0.163 e. The maximum atomic E-state index is 14.3. The van der Waals surface area contributed by atoms with Gasteiger partial charge >= 0.3 is 0 Å². The Kier molecular flexibility index (Phi) is 6.60. The molecule has 1 aromatic heterocycles. The highest BCUT2D eigenvalue weighted by molar-refractivity contribution is 6.32. The molecule has 31 heavy (non-hydrogen) atoms. The van der Waals surface area contributed by atoms with Gasteiger partial charge in [-0.3, -0.25) is 9.88 Å². The van der Waals surface area contributed by atoms with Gasteiger partial charge in [0, 0.05) is 49.0 Å². The van der Waals surface area contributed by atoms with Crippen molar-refractivity contribution in [2.24, 2.45) is 0 Å². The molecule has 1 saturated heterocycles. The summed E-state index contributed by atoms with van der Waals surface area (Å²) in [6, 6.07) is 7.61. The molecule has 9 heteroatoms. The van der Waals surface area contributed by atoms with Crippen molar-refractivity contribution in [3.8, 4) is 17.2 Å². The minimum atomic E-state index is -0.581. The Morgan fingerprint density at radius 2 is 2.00 bits per heavy atom. The van der Waals surface area contributed by atoms with Crippen LogP contribution in [0.5, 0.6) is 17.2 Å². The van der Waals surface area contributed by atoms with E-state index in [0.29, 0.717) is 34.7 Å². The number of benzene rings is 2. The first-order valence-electron chi connectivity index (χ1n) is 9.90. The monoisotopic (exact) mass is 447 g/mol. The quantitative estimate of drug-likeness (QED) is 0.562. The summed E-state index contributed by atoms with van der Waals surface area (Å²) in [5, 5.41) is 13.5. The van der Waals surface area contributed by atoms with Crippen LogP contribution < -0.4 is 14.8 Å². The zero-order chi connectivity index (χ0) is 21.8. The van der Waals surface area contributed by atoms with E-state index in [1.165, 1.54) is 6.07 Å². The van der Waals surface area contributed by atoms with Crippen LogP contribution in [0.4, 0.5) is 15.8 Å². The summed E-state index contributed by atoms with van der Waals surface area (Å²) < 4.78 is 31.1. The fourth-order valence-corrected chi connectivity index (χ4v) is 3.57. The number of rotatable bonds is 7. The van der Waals surface area contributed by atoms with Gasteiger partial charge in [0.05, 0.1) is 36.6 Å². The number of nitrogens with zero attached hydrogens (tertiary/aromatic N) is 2. The van der Waals surface area contributed by atoms with Crippen LogP contribution in [0.15, 0.2) is 36.5 Å². The number of aromatic nitrogens is 1. The summed E-state index contributed by atoms with van der Waals surface area (Å²) in [6.07, 6.45) is 1.61. The molecule has 0 radical (unpaired) electrons. The van der Waals surface area contributed by atoms with Crippen LogP contribution in [0.25, 0.3) is 10.9 Å². The van der Waals surface area contributed by atoms with E-state index in [1.807, 2.05) is 0 Å². The number of aromatic hydroxyl groups is 1. The van der Waals surface area contributed by atoms with Crippen molar-refractivity contribution in [3.05, 3.63) is 47.4 Å². The summed E-state index contributed by atoms with van der Waals surface area (Å²) >= 11 is 5.76. The molecule has 0 unspecified atom stereocenters. The molecule has 0 bridgehead atoms. The summed E-state index contributed by atoms with van der Waals surface area (Å²) in [5.41, 5.74) is 1.36. The van der Waals surface area contributed by atoms with Gasteiger partial charge in [0.15, 0.2) is 11.5 Å². The second-order valence-electron chi connectivity index (χ2n) is 7.09. The molecule has 3 aromatic rings. The van der Waals surface area contributed by atoms with E-state index in [-0.39, 0.29) is 16.5 Å². The Labute approximate surface area is 184 Å². The van der Waals surface area contributed by atoms with Gasteiger partial charge in [0.1, 0.15) is 18.2 Å². The van der Waals surface area contributed by atoms with Gasteiger partial charge in [-0.25, -0.2) is 4.39 Å². The highest BCUT2D eigenvalue weighted by Crippen LogP contribution is 2.37. The number of nitrogens with one attached hydrogen (secondary N) is 1. The van der Waals surface area contributed by atoms with E-state index in [9.17, 15) is 9.50 Å². The number of pyridine rings is 1. The smallest absolute Gasteiger partial charge is 0.163 e. The molecule has 2 heterocycles. The molecule has 0 spiro atoms. The lowest BCUT2D eigenvalue weighted by Crippen LogP contribution is -2.38. The van der Waals surface area contributed by atoms with Crippen LogP contribution in [0.2, 0.25) is 5.02 Å². The van der Waals surface area contributed by atoms with Gasteiger partial charge in [-0.1, -0.05) is 11.6 Å². The Hall–Kier alpha value is -2.81. The lowest BCUT2D eigenvalue weighted by Gasteiger charge is -2.26. The van der Waals surface area contributed by atoms with Crippen molar-refractivity contribution >= 4 is 33.9 Å². The number of hydrogen-bond donors (Lipinski definition) is 2. The first-order chi connectivity index (χ1) is 15.0. The van der Waals surface area contributed by atoms with Crippen molar-refractivity contribution in [3.63, 3.8) is 0 Å². The van der Waals surface area contributed by atoms with Gasteiger partial charge in [0.2, 0.25) is 0 Å². The third kappa shape index (κ3) is 4.92. The Morgan fingerprint density at radius 1 is 1.19 bits per heavy atom. The Bertz CT molecular complexity index is 1080. The molecule has 1 fully saturated rings. The van der Waals surface area contributed by atoms with Crippen LogP contribution >= 0.6 is 11.6 Å². The molecule has 0 atom stereocenters. The fraction of sp³-hybridized carbons (Fsp3) is 0.318. The molecule has 4 rings (SSSR count). The zero-order valence-electron chi connectivity index (χ0n) is 17.0. The van der Waals surface area contributed by atoms with Crippen LogP contribution in [0.3, 0.4) is 0 Å². The van der Waals surface area contributed by atoms with Gasteiger partial charge in [-0.2, -0.15) is 0 Å². The van der Waals surface area contributed by atoms with Crippen molar-refractivity contribution in [2.45, 2.75) is 0 Å². The molecule has 2 N–H and O–H groups in total. The molecule has 0 aliphatic carbocycles. The Balaban J connectivity index is 1.57. The van der Waals surface area contributed by atoms with E-state index in [0.717, 1.165) is 38.9 Å². The number of hydrogen-bond acceptors (Lipinski definition) is 7. The van der Waals surface area contributed by atoms with E-state index in [4.69, 9.17) is 25.8 Å². The average molecular weight is 448 g/mol. The summed E-state index contributed by atoms with van der Waals surface area (Å²) in [7, 11) is 1.57. The van der Waals surface area contributed by atoms with E-state index in [1.54, 1.807) is 31.5 Å². The van der Waals surface area contributed by atoms with Crippen LogP contribution in [-0.4, -0.2) is 61.6 Å². The summed E-state index contributed by atoms with van der Waals surface area (Å²) in [5.74, 6) is 0.341. The lowest BCUT2D eigenvalue weighted by atomic mass is 10.1. The average Bonchev–Trinajstić information content (AvgIpc) is 2.78. The molecule has 1 aliphatic heterocycles. The third-order valence-electron chi connectivity index (χ3n) is 5.10.